The zero-order chi connectivity index (χ0) is 24.8. The average molecular weight is 498 g/mol. The number of ether oxygens (including phenoxy) is 1. The highest BCUT2D eigenvalue weighted by Crippen LogP contribution is 2.30. The second-order valence-corrected chi connectivity index (χ2v) is 8.55. The molecule has 1 aliphatic rings. The van der Waals surface area contributed by atoms with Crippen molar-refractivity contribution in [3.8, 4) is 0 Å². The standard InChI is InChI=1S/C22H26ClF2N5O4/c1-11(34-2)9-26-21(32)18-19(28-10-27-18)22(33)29-14-5-3-12(4-6-14)20(31)30-17-15(23)7-13(24)8-16(17)25/h7-8,10-12,14H,3-6,9H2,1-2H3,(H,26,32)(H,27,28)(H,29,33)(H,30,31). The van der Waals surface area contributed by atoms with Crippen molar-refractivity contribution in [3.05, 3.63) is 46.5 Å². The Hall–Kier alpha value is -3.05. The second kappa shape index (κ2) is 11.4. The molecule has 1 aromatic carbocycles. The Balaban J connectivity index is 1.52. The summed E-state index contributed by atoms with van der Waals surface area (Å²) in [7, 11) is 1.53. The molecule has 2 aromatic rings. The number of amides is 3. The van der Waals surface area contributed by atoms with Crippen molar-refractivity contribution in [1.82, 2.24) is 20.6 Å². The van der Waals surface area contributed by atoms with Gasteiger partial charge in [-0.2, -0.15) is 0 Å². The second-order valence-electron chi connectivity index (χ2n) is 8.14. The molecule has 1 atom stereocenters. The summed E-state index contributed by atoms with van der Waals surface area (Å²) in [5, 5.41) is 7.72. The molecular weight excluding hydrogens is 472 g/mol. The van der Waals surface area contributed by atoms with E-state index in [1.807, 2.05) is 0 Å². The summed E-state index contributed by atoms with van der Waals surface area (Å²) in [6, 6.07) is 1.35. The molecule has 0 radical (unpaired) electrons. The number of methoxy groups -OCH3 is 1. The van der Waals surface area contributed by atoms with Gasteiger partial charge in [-0.25, -0.2) is 13.8 Å². The first-order valence-corrected chi connectivity index (χ1v) is 11.2. The molecule has 34 heavy (non-hydrogen) atoms. The van der Waals surface area contributed by atoms with Crippen LogP contribution in [0.5, 0.6) is 0 Å². The highest BCUT2D eigenvalue weighted by Gasteiger charge is 2.30. The number of nitrogens with zero attached hydrogens (tertiary/aromatic N) is 1. The molecule has 12 heteroatoms. The number of hydrogen-bond donors (Lipinski definition) is 4. The average Bonchev–Trinajstić information content (AvgIpc) is 3.30. The summed E-state index contributed by atoms with van der Waals surface area (Å²) < 4.78 is 32.2. The van der Waals surface area contributed by atoms with E-state index in [0.717, 1.165) is 6.07 Å². The van der Waals surface area contributed by atoms with Crippen LogP contribution in [0.4, 0.5) is 14.5 Å². The van der Waals surface area contributed by atoms with Crippen LogP contribution in [0.2, 0.25) is 5.02 Å². The van der Waals surface area contributed by atoms with Gasteiger partial charge in [0.2, 0.25) is 5.91 Å². The number of nitrogens with one attached hydrogen (secondary N) is 4. The molecule has 1 aromatic heterocycles. The number of halogens is 3. The lowest BCUT2D eigenvalue weighted by atomic mass is 9.85. The van der Waals surface area contributed by atoms with Crippen LogP contribution in [-0.2, 0) is 9.53 Å². The molecule has 184 valence electrons. The van der Waals surface area contributed by atoms with E-state index in [4.69, 9.17) is 16.3 Å². The van der Waals surface area contributed by atoms with Crippen LogP contribution in [0, 0.1) is 17.6 Å². The first kappa shape index (κ1) is 25.6. The Bertz CT molecular complexity index is 1030. The Labute approximate surface area is 200 Å². The number of carbonyl (C=O) groups excluding carboxylic acids is 3. The minimum Gasteiger partial charge on any atom is -0.380 e. The Morgan fingerprint density at radius 2 is 1.91 bits per heavy atom. The molecule has 3 rings (SSSR count). The van der Waals surface area contributed by atoms with Gasteiger partial charge >= 0.3 is 0 Å². The van der Waals surface area contributed by atoms with Gasteiger partial charge in [-0.1, -0.05) is 11.6 Å². The predicted molar refractivity (Wildman–Crippen MR) is 121 cm³/mol. The fraction of sp³-hybridized carbons (Fsp3) is 0.455. The number of H-pyrrole nitrogens is 1. The third-order valence-electron chi connectivity index (χ3n) is 5.72. The van der Waals surface area contributed by atoms with Gasteiger partial charge in [0.05, 0.1) is 23.1 Å². The normalized spacial score (nSPS) is 18.7. The van der Waals surface area contributed by atoms with Crippen molar-refractivity contribution in [2.45, 2.75) is 44.8 Å². The van der Waals surface area contributed by atoms with Gasteiger partial charge in [0.25, 0.3) is 11.8 Å². The van der Waals surface area contributed by atoms with E-state index in [2.05, 4.69) is 25.9 Å². The summed E-state index contributed by atoms with van der Waals surface area (Å²) in [6.45, 7) is 2.07. The highest BCUT2D eigenvalue weighted by molar-refractivity contribution is 6.33. The monoisotopic (exact) mass is 497 g/mol. The van der Waals surface area contributed by atoms with E-state index in [-0.39, 0.29) is 40.8 Å². The van der Waals surface area contributed by atoms with Crippen LogP contribution in [0.1, 0.15) is 53.6 Å². The predicted octanol–water partition coefficient (Wildman–Crippen LogP) is 3.03. The number of aromatic nitrogens is 2. The van der Waals surface area contributed by atoms with Crippen LogP contribution >= 0.6 is 11.6 Å². The first-order valence-electron chi connectivity index (χ1n) is 10.8. The quantitative estimate of drug-likeness (QED) is 0.446. The molecule has 3 amide bonds. The molecular formula is C22H26ClF2N5O4. The third kappa shape index (κ3) is 6.29. The van der Waals surface area contributed by atoms with E-state index in [1.54, 1.807) is 6.92 Å². The zero-order valence-electron chi connectivity index (χ0n) is 18.7. The SMILES string of the molecule is COC(C)CNC(=O)c1[nH]cnc1C(=O)NC1CCC(C(=O)Nc2c(F)cc(F)cc2Cl)CC1. The lowest BCUT2D eigenvalue weighted by Crippen LogP contribution is -2.40. The minimum absolute atomic E-state index is 0.0242. The van der Waals surface area contributed by atoms with E-state index >= 15 is 0 Å². The summed E-state index contributed by atoms with van der Waals surface area (Å²) in [6.07, 6.45) is 2.97. The Morgan fingerprint density at radius 1 is 1.21 bits per heavy atom. The molecule has 9 nitrogen and oxygen atoms in total. The molecule has 1 unspecified atom stereocenters. The lowest BCUT2D eigenvalue weighted by Gasteiger charge is -2.28. The van der Waals surface area contributed by atoms with Crippen molar-refractivity contribution in [2.24, 2.45) is 5.92 Å². The number of carbonyl (C=O) groups is 3. The number of rotatable bonds is 8. The van der Waals surface area contributed by atoms with Crippen molar-refractivity contribution >= 4 is 35.0 Å². The van der Waals surface area contributed by atoms with Crippen molar-refractivity contribution in [3.63, 3.8) is 0 Å². The van der Waals surface area contributed by atoms with Crippen molar-refractivity contribution in [2.75, 3.05) is 19.0 Å². The van der Waals surface area contributed by atoms with Gasteiger partial charge in [-0.3, -0.25) is 14.4 Å². The van der Waals surface area contributed by atoms with Gasteiger partial charge < -0.3 is 25.7 Å². The van der Waals surface area contributed by atoms with E-state index in [0.29, 0.717) is 31.7 Å². The van der Waals surface area contributed by atoms with Crippen molar-refractivity contribution < 1.29 is 27.9 Å². The fourth-order valence-corrected chi connectivity index (χ4v) is 3.93. The molecule has 0 bridgehead atoms. The number of benzene rings is 1. The Kier molecular flexibility index (Phi) is 8.56. The summed E-state index contributed by atoms with van der Waals surface area (Å²) in [4.78, 5) is 44.2. The largest absolute Gasteiger partial charge is 0.380 e. The molecule has 4 N–H and O–H groups in total. The van der Waals surface area contributed by atoms with Crippen LogP contribution < -0.4 is 16.0 Å². The minimum atomic E-state index is -0.949. The number of hydrogen-bond acceptors (Lipinski definition) is 5. The molecule has 0 spiro atoms. The summed E-state index contributed by atoms with van der Waals surface area (Å²) in [5.41, 5.74) is -0.233. The third-order valence-corrected chi connectivity index (χ3v) is 6.02. The number of anilines is 1. The smallest absolute Gasteiger partial charge is 0.272 e. The van der Waals surface area contributed by atoms with E-state index in [9.17, 15) is 23.2 Å². The van der Waals surface area contributed by atoms with Crippen molar-refractivity contribution in [1.29, 1.82) is 0 Å². The molecule has 1 saturated carbocycles. The number of aromatic amines is 1. The topological polar surface area (TPSA) is 125 Å². The van der Waals surface area contributed by atoms with E-state index < -0.39 is 35.3 Å². The summed E-state index contributed by atoms with van der Waals surface area (Å²) >= 11 is 5.84. The zero-order valence-corrected chi connectivity index (χ0v) is 19.5. The lowest BCUT2D eigenvalue weighted by molar-refractivity contribution is -0.120. The molecule has 1 fully saturated rings. The molecule has 1 aliphatic carbocycles. The van der Waals surface area contributed by atoms with Crippen LogP contribution in [0.15, 0.2) is 18.5 Å². The first-order chi connectivity index (χ1) is 16.2. The summed E-state index contributed by atoms with van der Waals surface area (Å²) in [5.74, 6) is -3.59. The maximum atomic E-state index is 13.9. The van der Waals surface area contributed by atoms with E-state index in [1.165, 1.54) is 13.4 Å². The number of imidazole rings is 1. The van der Waals surface area contributed by atoms with Crippen LogP contribution in [0.3, 0.4) is 0 Å². The maximum absolute atomic E-state index is 13.9. The highest BCUT2D eigenvalue weighted by atomic mass is 35.5. The molecule has 1 heterocycles. The maximum Gasteiger partial charge on any atom is 0.272 e. The van der Waals surface area contributed by atoms with Gasteiger partial charge in [-0.05, 0) is 38.7 Å². The molecule has 0 saturated heterocycles. The van der Waals surface area contributed by atoms with Gasteiger partial charge in [0.1, 0.15) is 11.5 Å². The molecule has 0 aliphatic heterocycles. The van der Waals surface area contributed by atoms with Crippen LogP contribution in [-0.4, -0.2) is 53.5 Å². The van der Waals surface area contributed by atoms with Gasteiger partial charge in [0.15, 0.2) is 11.5 Å². The Morgan fingerprint density at radius 3 is 2.56 bits per heavy atom. The van der Waals surface area contributed by atoms with Gasteiger partial charge in [-0.15, -0.1) is 0 Å². The fourth-order valence-electron chi connectivity index (χ4n) is 3.69. The van der Waals surface area contributed by atoms with Crippen LogP contribution in [0.25, 0.3) is 0 Å². The van der Waals surface area contributed by atoms with Gasteiger partial charge in [0, 0.05) is 31.7 Å².